The van der Waals surface area contributed by atoms with Gasteiger partial charge in [0.05, 0.1) is 11.4 Å². The standard InChI is InChI=1S/C25H24ClN3O4S/c1-25(24(31)27-16-19-8-4-2-5-9-19)18-28(34(32,33)22-10-6-3-7-11-22)17-23(30)29(25)21-14-12-20(26)13-15-21/h2-15H,16-18H2,1H3,(H,27,31)/t25-/m1/s1. The second-order valence-electron chi connectivity index (χ2n) is 8.23. The first-order valence-corrected chi connectivity index (χ1v) is 12.5. The van der Waals surface area contributed by atoms with Gasteiger partial charge in [0.25, 0.3) is 0 Å². The molecule has 3 aromatic carbocycles. The smallest absolute Gasteiger partial charge is 0.247 e. The third-order valence-electron chi connectivity index (χ3n) is 5.79. The van der Waals surface area contributed by atoms with E-state index >= 15 is 0 Å². The number of hydrogen-bond acceptors (Lipinski definition) is 4. The molecule has 3 aromatic rings. The number of amides is 2. The predicted molar refractivity (Wildman–Crippen MR) is 131 cm³/mol. The number of sulfonamides is 1. The van der Waals surface area contributed by atoms with Gasteiger partial charge in [-0.15, -0.1) is 0 Å². The number of rotatable bonds is 6. The molecule has 34 heavy (non-hydrogen) atoms. The first-order chi connectivity index (χ1) is 16.2. The molecular formula is C25H24ClN3O4S. The molecule has 1 fully saturated rings. The number of benzene rings is 3. The molecule has 0 saturated carbocycles. The highest BCUT2D eigenvalue weighted by molar-refractivity contribution is 7.89. The molecule has 4 rings (SSSR count). The van der Waals surface area contributed by atoms with E-state index in [1.807, 2.05) is 30.3 Å². The third-order valence-corrected chi connectivity index (χ3v) is 7.85. The molecule has 2 amide bonds. The fraction of sp³-hybridized carbons (Fsp3) is 0.200. The van der Waals surface area contributed by atoms with Crippen LogP contribution in [0, 0.1) is 0 Å². The maximum Gasteiger partial charge on any atom is 0.247 e. The first-order valence-electron chi connectivity index (χ1n) is 10.7. The molecule has 176 valence electrons. The molecule has 1 heterocycles. The summed E-state index contributed by atoms with van der Waals surface area (Å²) >= 11 is 6.02. The van der Waals surface area contributed by atoms with Gasteiger partial charge in [-0.3, -0.25) is 14.5 Å². The summed E-state index contributed by atoms with van der Waals surface area (Å²) < 4.78 is 27.7. The van der Waals surface area contributed by atoms with Gasteiger partial charge < -0.3 is 5.32 Å². The number of carbonyl (C=O) groups is 2. The van der Waals surface area contributed by atoms with Crippen LogP contribution in [-0.2, 0) is 26.2 Å². The van der Waals surface area contributed by atoms with E-state index in [0.29, 0.717) is 10.7 Å². The van der Waals surface area contributed by atoms with Crippen LogP contribution >= 0.6 is 11.6 Å². The van der Waals surface area contributed by atoms with E-state index in [4.69, 9.17) is 11.6 Å². The van der Waals surface area contributed by atoms with E-state index in [0.717, 1.165) is 9.87 Å². The van der Waals surface area contributed by atoms with Crippen molar-refractivity contribution in [3.63, 3.8) is 0 Å². The van der Waals surface area contributed by atoms with Crippen LogP contribution in [0.15, 0.2) is 89.8 Å². The predicted octanol–water partition coefficient (Wildman–Crippen LogP) is 3.45. The molecule has 0 radical (unpaired) electrons. The SMILES string of the molecule is C[C@]1(C(=O)NCc2ccccc2)CN(S(=O)(=O)c2ccccc2)CC(=O)N1c1ccc(Cl)cc1. The van der Waals surface area contributed by atoms with E-state index in [1.165, 1.54) is 17.0 Å². The van der Waals surface area contributed by atoms with Gasteiger partial charge in [-0.1, -0.05) is 60.1 Å². The average molecular weight is 498 g/mol. The normalized spacial score (nSPS) is 19.1. The summed E-state index contributed by atoms with van der Waals surface area (Å²) in [6.07, 6.45) is 0. The Morgan fingerprint density at radius 1 is 0.971 bits per heavy atom. The lowest BCUT2D eigenvalue weighted by atomic mass is 9.94. The number of nitrogens with one attached hydrogen (secondary N) is 1. The topological polar surface area (TPSA) is 86.8 Å². The molecule has 1 aliphatic heterocycles. The van der Waals surface area contributed by atoms with Crippen LogP contribution in [0.5, 0.6) is 0 Å². The Bertz CT molecular complexity index is 1280. The number of anilines is 1. The zero-order valence-corrected chi connectivity index (χ0v) is 20.1. The average Bonchev–Trinajstić information content (AvgIpc) is 2.84. The van der Waals surface area contributed by atoms with Gasteiger partial charge in [-0.2, -0.15) is 4.31 Å². The van der Waals surface area contributed by atoms with Crippen molar-refractivity contribution in [2.75, 3.05) is 18.0 Å². The lowest BCUT2D eigenvalue weighted by Crippen LogP contribution is -2.70. The van der Waals surface area contributed by atoms with E-state index in [1.54, 1.807) is 49.4 Å². The van der Waals surface area contributed by atoms with Crippen molar-refractivity contribution in [2.24, 2.45) is 0 Å². The summed E-state index contributed by atoms with van der Waals surface area (Å²) in [5.74, 6) is -0.974. The molecule has 0 bridgehead atoms. The van der Waals surface area contributed by atoms with E-state index in [9.17, 15) is 18.0 Å². The summed E-state index contributed by atoms with van der Waals surface area (Å²) in [4.78, 5) is 28.3. The quantitative estimate of drug-likeness (QED) is 0.565. The Morgan fingerprint density at radius 3 is 2.18 bits per heavy atom. The zero-order chi connectivity index (χ0) is 24.3. The molecular weight excluding hydrogens is 474 g/mol. The Hall–Kier alpha value is -3.20. The van der Waals surface area contributed by atoms with Gasteiger partial charge in [0.2, 0.25) is 21.8 Å². The van der Waals surface area contributed by atoms with Gasteiger partial charge in [-0.05, 0) is 48.9 Å². The van der Waals surface area contributed by atoms with Gasteiger partial charge in [0.15, 0.2) is 0 Å². The molecule has 1 aliphatic rings. The lowest BCUT2D eigenvalue weighted by molar-refractivity contribution is -0.133. The third kappa shape index (κ3) is 4.70. The molecule has 1 N–H and O–H groups in total. The molecule has 1 atom stereocenters. The number of piperazine rings is 1. The second kappa shape index (κ2) is 9.58. The maximum absolute atomic E-state index is 13.5. The number of nitrogens with zero attached hydrogens (tertiary/aromatic N) is 2. The van der Waals surface area contributed by atoms with Crippen molar-refractivity contribution in [2.45, 2.75) is 23.9 Å². The summed E-state index contributed by atoms with van der Waals surface area (Å²) in [7, 11) is -3.99. The summed E-state index contributed by atoms with van der Waals surface area (Å²) in [5.41, 5.74) is -0.156. The van der Waals surface area contributed by atoms with E-state index in [-0.39, 0.29) is 24.5 Å². The monoisotopic (exact) mass is 497 g/mol. The van der Waals surface area contributed by atoms with Gasteiger partial charge in [0, 0.05) is 23.8 Å². The molecule has 1 saturated heterocycles. The maximum atomic E-state index is 13.5. The highest BCUT2D eigenvalue weighted by Gasteiger charge is 2.51. The first kappa shape index (κ1) is 23.9. The molecule has 0 spiro atoms. The number of hydrogen-bond donors (Lipinski definition) is 1. The van der Waals surface area contributed by atoms with Gasteiger partial charge >= 0.3 is 0 Å². The highest BCUT2D eigenvalue weighted by Crippen LogP contribution is 2.33. The fourth-order valence-corrected chi connectivity index (χ4v) is 5.67. The largest absolute Gasteiger partial charge is 0.350 e. The minimum atomic E-state index is -3.99. The summed E-state index contributed by atoms with van der Waals surface area (Å²) in [6, 6.07) is 23.8. The lowest BCUT2D eigenvalue weighted by Gasteiger charge is -2.46. The van der Waals surface area contributed by atoms with Crippen LogP contribution in [0.4, 0.5) is 5.69 Å². The Morgan fingerprint density at radius 2 is 1.56 bits per heavy atom. The van der Waals surface area contributed by atoms with Crippen molar-refractivity contribution in [1.29, 1.82) is 0 Å². The summed E-state index contributed by atoms with van der Waals surface area (Å²) in [6.45, 7) is 1.22. The molecule has 0 unspecified atom stereocenters. The summed E-state index contributed by atoms with van der Waals surface area (Å²) in [5, 5.41) is 3.36. The molecule has 9 heteroatoms. The van der Waals surface area contributed by atoms with Crippen molar-refractivity contribution >= 4 is 39.1 Å². The van der Waals surface area contributed by atoms with Gasteiger partial charge in [0.1, 0.15) is 5.54 Å². The molecule has 0 aromatic heterocycles. The number of carbonyl (C=O) groups excluding carboxylic acids is 2. The van der Waals surface area contributed by atoms with Crippen molar-refractivity contribution in [1.82, 2.24) is 9.62 Å². The highest BCUT2D eigenvalue weighted by atomic mass is 35.5. The van der Waals surface area contributed by atoms with E-state index in [2.05, 4.69) is 5.32 Å². The van der Waals surface area contributed by atoms with Crippen LogP contribution in [0.3, 0.4) is 0 Å². The second-order valence-corrected chi connectivity index (χ2v) is 10.6. The Balaban J connectivity index is 1.70. The Kier molecular flexibility index (Phi) is 6.74. The van der Waals surface area contributed by atoms with Gasteiger partial charge in [-0.25, -0.2) is 8.42 Å². The Labute approximate surface area is 204 Å². The zero-order valence-electron chi connectivity index (χ0n) is 18.5. The van der Waals surface area contributed by atoms with Crippen LogP contribution in [-0.4, -0.2) is 43.2 Å². The van der Waals surface area contributed by atoms with Crippen molar-refractivity contribution in [3.05, 3.63) is 95.5 Å². The van der Waals surface area contributed by atoms with Crippen LogP contribution in [0.1, 0.15) is 12.5 Å². The number of halogens is 1. The van der Waals surface area contributed by atoms with Crippen LogP contribution in [0.25, 0.3) is 0 Å². The molecule has 0 aliphatic carbocycles. The van der Waals surface area contributed by atoms with Crippen LogP contribution < -0.4 is 10.2 Å². The van der Waals surface area contributed by atoms with Crippen molar-refractivity contribution < 1.29 is 18.0 Å². The minimum Gasteiger partial charge on any atom is -0.350 e. The minimum absolute atomic E-state index is 0.0646. The fourth-order valence-electron chi connectivity index (χ4n) is 4.04. The molecule has 7 nitrogen and oxygen atoms in total. The van der Waals surface area contributed by atoms with E-state index < -0.39 is 27.4 Å². The van der Waals surface area contributed by atoms with Crippen molar-refractivity contribution in [3.8, 4) is 0 Å². The van der Waals surface area contributed by atoms with Crippen LogP contribution in [0.2, 0.25) is 5.02 Å².